The van der Waals surface area contributed by atoms with Crippen molar-refractivity contribution < 1.29 is 4.79 Å². The third kappa shape index (κ3) is 3.83. The van der Waals surface area contributed by atoms with Gasteiger partial charge in [-0.3, -0.25) is 4.79 Å². The standard InChI is InChI=1S/C20H20N4O/c1-14-9-10-15(2)17(11-14)23-19-12-18(21-13-22-19)20(25)24(3)16-7-5-4-6-8-16/h4-13H,1-3H3,(H,21,22,23). The molecule has 25 heavy (non-hydrogen) atoms. The molecule has 0 aliphatic heterocycles. The van der Waals surface area contributed by atoms with Crippen LogP contribution in [0, 0.1) is 13.8 Å². The number of anilines is 3. The predicted molar refractivity (Wildman–Crippen MR) is 100 cm³/mol. The largest absolute Gasteiger partial charge is 0.340 e. The Hall–Kier alpha value is -3.21. The lowest BCUT2D eigenvalue weighted by molar-refractivity contribution is 0.0988. The van der Waals surface area contributed by atoms with Crippen molar-refractivity contribution in [1.82, 2.24) is 9.97 Å². The normalized spacial score (nSPS) is 10.4. The van der Waals surface area contributed by atoms with E-state index in [9.17, 15) is 4.79 Å². The maximum Gasteiger partial charge on any atom is 0.276 e. The van der Waals surface area contributed by atoms with Crippen LogP contribution >= 0.6 is 0 Å². The molecule has 0 saturated carbocycles. The zero-order valence-corrected chi connectivity index (χ0v) is 14.5. The molecule has 5 heteroatoms. The molecule has 0 aliphatic rings. The highest BCUT2D eigenvalue weighted by Gasteiger charge is 2.15. The van der Waals surface area contributed by atoms with E-state index in [2.05, 4.69) is 27.4 Å². The van der Waals surface area contributed by atoms with Gasteiger partial charge in [-0.1, -0.05) is 30.3 Å². The van der Waals surface area contributed by atoms with Gasteiger partial charge in [-0.05, 0) is 43.2 Å². The number of carbonyl (C=O) groups is 1. The van der Waals surface area contributed by atoms with Gasteiger partial charge in [-0.25, -0.2) is 9.97 Å². The molecule has 0 saturated heterocycles. The number of nitrogens with one attached hydrogen (secondary N) is 1. The Kier molecular flexibility index (Phi) is 4.75. The molecule has 0 atom stereocenters. The molecule has 0 spiro atoms. The maximum atomic E-state index is 12.7. The summed E-state index contributed by atoms with van der Waals surface area (Å²) in [5.74, 6) is 0.408. The zero-order valence-electron chi connectivity index (χ0n) is 14.5. The summed E-state index contributed by atoms with van der Waals surface area (Å²) in [5, 5.41) is 3.27. The second-order valence-corrected chi connectivity index (χ2v) is 5.93. The molecule has 1 N–H and O–H groups in total. The number of hydrogen-bond acceptors (Lipinski definition) is 4. The summed E-state index contributed by atoms with van der Waals surface area (Å²) in [5.41, 5.74) is 4.39. The molecule has 3 aromatic rings. The molecule has 1 amide bonds. The van der Waals surface area contributed by atoms with Gasteiger partial charge >= 0.3 is 0 Å². The quantitative estimate of drug-likeness (QED) is 0.781. The average Bonchev–Trinajstić information content (AvgIpc) is 2.64. The van der Waals surface area contributed by atoms with Crippen LogP contribution in [0.3, 0.4) is 0 Å². The van der Waals surface area contributed by atoms with Crippen LogP contribution in [-0.2, 0) is 0 Å². The molecule has 3 rings (SSSR count). The Labute approximate surface area is 147 Å². The minimum atomic E-state index is -0.183. The van der Waals surface area contributed by atoms with Crippen LogP contribution in [0.25, 0.3) is 0 Å². The van der Waals surface area contributed by atoms with Gasteiger partial charge in [-0.15, -0.1) is 0 Å². The van der Waals surface area contributed by atoms with Gasteiger partial charge in [0.1, 0.15) is 17.8 Å². The van der Waals surface area contributed by atoms with Crippen molar-refractivity contribution in [2.24, 2.45) is 0 Å². The van der Waals surface area contributed by atoms with E-state index in [0.717, 1.165) is 22.5 Å². The molecule has 1 heterocycles. The minimum Gasteiger partial charge on any atom is -0.340 e. The summed E-state index contributed by atoms with van der Waals surface area (Å²) < 4.78 is 0. The highest BCUT2D eigenvalue weighted by molar-refractivity contribution is 6.04. The van der Waals surface area contributed by atoms with Crippen molar-refractivity contribution in [3.63, 3.8) is 0 Å². The zero-order chi connectivity index (χ0) is 17.8. The lowest BCUT2D eigenvalue weighted by atomic mass is 10.1. The molecule has 0 unspecified atom stereocenters. The molecule has 5 nitrogen and oxygen atoms in total. The van der Waals surface area contributed by atoms with Crippen LogP contribution in [0.5, 0.6) is 0 Å². The first-order valence-corrected chi connectivity index (χ1v) is 8.04. The summed E-state index contributed by atoms with van der Waals surface area (Å²) >= 11 is 0. The number of nitrogens with zero attached hydrogens (tertiary/aromatic N) is 3. The second-order valence-electron chi connectivity index (χ2n) is 5.93. The van der Waals surface area contributed by atoms with E-state index in [0.29, 0.717) is 11.5 Å². The van der Waals surface area contributed by atoms with E-state index < -0.39 is 0 Å². The maximum absolute atomic E-state index is 12.7. The number of aryl methyl sites for hydroxylation is 2. The van der Waals surface area contributed by atoms with Gasteiger partial charge in [0.05, 0.1) is 0 Å². The Morgan fingerprint density at radius 3 is 2.52 bits per heavy atom. The van der Waals surface area contributed by atoms with Crippen molar-refractivity contribution in [2.75, 3.05) is 17.3 Å². The summed E-state index contributed by atoms with van der Waals surface area (Å²) in [6.07, 6.45) is 1.40. The van der Waals surface area contributed by atoms with Crippen molar-refractivity contribution in [3.8, 4) is 0 Å². The summed E-state index contributed by atoms with van der Waals surface area (Å²) in [6, 6.07) is 17.3. The first-order chi connectivity index (χ1) is 12.0. The third-order valence-electron chi connectivity index (χ3n) is 3.99. The Balaban J connectivity index is 1.84. The molecule has 0 bridgehead atoms. The van der Waals surface area contributed by atoms with Crippen molar-refractivity contribution >= 4 is 23.1 Å². The molecule has 0 aliphatic carbocycles. The lowest BCUT2D eigenvalue weighted by Gasteiger charge is -2.17. The van der Waals surface area contributed by atoms with Gasteiger partial charge in [-0.2, -0.15) is 0 Å². The van der Waals surface area contributed by atoms with Gasteiger partial charge in [0.2, 0.25) is 0 Å². The van der Waals surface area contributed by atoms with Crippen molar-refractivity contribution in [1.29, 1.82) is 0 Å². The number of rotatable bonds is 4. The first kappa shape index (κ1) is 16.6. The Morgan fingerprint density at radius 1 is 1.00 bits per heavy atom. The summed E-state index contributed by atoms with van der Waals surface area (Å²) in [4.78, 5) is 22.6. The number of amides is 1. The number of carbonyl (C=O) groups excluding carboxylic acids is 1. The fourth-order valence-corrected chi connectivity index (χ4v) is 2.49. The lowest BCUT2D eigenvalue weighted by Crippen LogP contribution is -2.27. The monoisotopic (exact) mass is 332 g/mol. The van der Waals surface area contributed by atoms with Gasteiger partial charge in [0.25, 0.3) is 5.91 Å². The van der Waals surface area contributed by atoms with E-state index in [1.165, 1.54) is 6.33 Å². The van der Waals surface area contributed by atoms with Gasteiger partial charge < -0.3 is 10.2 Å². The van der Waals surface area contributed by atoms with Crippen molar-refractivity contribution in [3.05, 3.63) is 77.7 Å². The van der Waals surface area contributed by atoms with E-state index in [1.807, 2.05) is 50.2 Å². The van der Waals surface area contributed by atoms with E-state index in [1.54, 1.807) is 18.0 Å². The molecule has 0 fully saturated rings. The number of para-hydroxylation sites is 1. The van der Waals surface area contributed by atoms with E-state index >= 15 is 0 Å². The fraction of sp³-hybridized carbons (Fsp3) is 0.150. The van der Waals surface area contributed by atoms with Crippen LogP contribution < -0.4 is 10.2 Å². The summed E-state index contributed by atoms with van der Waals surface area (Å²) in [6.45, 7) is 4.06. The Morgan fingerprint density at radius 2 is 1.76 bits per heavy atom. The number of hydrogen-bond donors (Lipinski definition) is 1. The van der Waals surface area contributed by atoms with Gasteiger partial charge in [0.15, 0.2) is 0 Å². The van der Waals surface area contributed by atoms with Crippen LogP contribution in [-0.4, -0.2) is 22.9 Å². The average molecular weight is 332 g/mol. The highest BCUT2D eigenvalue weighted by Crippen LogP contribution is 2.21. The fourth-order valence-electron chi connectivity index (χ4n) is 2.49. The van der Waals surface area contributed by atoms with Crippen LogP contribution in [0.2, 0.25) is 0 Å². The molecule has 126 valence electrons. The van der Waals surface area contributed by atoms with Crippen LogP contribution in [0.15, 0.2) is 60.9 Å². The van der Waals surface area contributed by atoms with E-state index in [-0.39, 0.29) is 5.91 Å². The second kappa shape index (κ2) is 7.13. The molecular formula is C20H20N4O. The summed E-state index contributed by atoms with van der Waals surface area (Å²) in [7, 11) is 1.73. The smallest absolute Gasteiger partial charge is 0.276 e. The molecule has 2 aromatic carbocycles. The first-order valence-electron chi connectivity index (χ1n) is 8.04. The SMILES string of the molecule is Cc1ccc(C)c(Nc2cc(C(=O)N(C)c3ccccc3)ncn2)c1. The number of aromatic nitrogens is 2. The third-order valence-corrected chi connectivity index (χ3v) is 3.99. The minimum absolute atomic E-state index is 0.183. The predicted octanol–water partition coefficient (Wildman–Crippen LogP) is 4.11. The van der Waals surface area contributed by atoms with Crippen LogP contribution in [0.1, 0.15) is 21.6 Å². The topological polar surface area (TPSA) is 58.1 Å². The Bertz CT molecular complexity index is 893. The van der Waals surface area contributed by atoms with Gasteiger partial charge in [0, 0.05) is 24.5 Å². The van der Waals surface area contributed by atoms with Crippen molar-refractivity contribution in [2.45, 2.75) is 13.8 Å². The van der Waals surface area contributed by atoms with E-state index in [4.69, 9.17) is 0 Å². The van der Waals surface area contributed by atoms with Crippen LogP contribution in [0.4, 0.5) is 17.2 Å². The highest BCUT2D eigenvalue weighted by atomic mass is 16.2. The molecule has 0 radical (unpaired) electrons. The molecular weight excluding hydrogens is 312 g/mol. The number of benzene rings is 2. The molecule has 1 aromatic heterocycles.